The van der Waals surface area contributed by atoms with E-state index >= 15 is 0 Å². The zero-order chi connectivity index (χ0) is 17.2. The molecule has 0 radical (unpaired) electrons. The van der Waals surface area contributed by atoms with Crippen LogP contribution >= 0.6 is 11.3 Å². The summed E-state index contributed by atoms with van der Waals surface area (Å²) >= 11 is 1.54. The van der Waals surface area contributed by atoms with Gasteiger partial charge >= 0.3 is 6.09 Å². The first-order chi connectivity index (χ1) is 10.7. The zero-order valence-electron chi connectivity index (χ0n) is 14.6. The second-order valence-corrected chi connectivity index (χ2v) is 8.50. The highest BCUT2D eigenvalue weighted by Gasteiger charge is 2.32. The molecular formula is C17H26N2O3S. The van der Waals surface area contributed by atoms with Crippen LogP contribution in [0.25, 0.3) is 0 Å². The van der Waals surface area contributed by atoms with Crippen molar-refractivity contribution < 1.29 is 14.3 Å². The average Bonchev–Trinajstić information content (AvgIpc) is 2.76. The number of nitrogens with zero attached hydrogens (tertiary/aromatic N) is 2. The molecule has 1 aromatic heterocycles. The number of carbonyl (C=O) groups is 2. The normalized spacial score (nSPS) is 18.8. The van der Waals surface area contributed by atoms with Crippen LogP contribution in [0.4, 0.5) is 4.79 Å². The Balaban J connectivity index is 2.08. The molecule has 1 atom stereocenters. The van der Waals surface area contributed by atoms with Gasteiger partial charge in [-0.15, -0.1) is 11.3 Å². The van der Waals surface area contributed by atoms with Gasteiger partial charge in [-0.3, -0.25) is 4.79 Å². The third-order valence-electron chi connectivity index (χ3n) is 3.84. The summed E-state index contributed by atoms with van der Waals surface area (Å²) in [6.07, 6.45) is 2.84. The highest BCUT2D eigenvalue weighted by Crippen LogP contribution is 2.25. The topological polar surface area (TPSA) is 59.5 Å². The molecule has 5 nitrogen and oxygen atoms in total. The summed E-state index contributed by atoms with van der Waals surface area (Å²) in [6.45, 7) is 10.1. The predicted octanol–water partition coefficient (Wildman–Crippen LogP) is 4.12. The van der Waals surface area contributed by atoms with E-state index in [0.29, 0.717) is 18.7 Å². The molecule has 1 aromatic rings. The maximum Gasteiger partial charge on any atom is 0.410 e. The Labute approximate surface area is 142 Å². The van der Waals surface area contributed by atoms with Gasteiger partial charge in [-0.2, -0.15) is 0 Å². The van der Waals surface area contributed by atoms with Crippen LogP contribution in [0.5, 0.6) is 0 Å². The number of ketones is 1. The maximum atomic E-state index is 12.6. The fourth-order valence-corrected chi connectivity index (χ4v) is 3.71. The average molecular weight is 338 g/mol. The number of thiazole rings is 1. The number of piperidine rings is 1. The number of hydrogen-bond donors (Lipinski definition) is 0. The lowest BCUT2D eigenvalue weighted by molar-refractivity contribution is 0.00944. The van der Waals surface area contributed by atoms with Gasteiger partial charge in [0.1, 0.15) is 11.3 Å². The third kappa shape index (κ3) is 4.77. The molecule has 1 saturated heterocycles. The van der Waals surface area contributed by atoms with Crippen molar-refractivity contribution in [3.8, 4) is 0 Å². The Bertz CT molecular complexity index is 589. The molecule has 0 bridgehead atoms. The Morgan fingerprint density at radius 3 is 2.57 bits per heavy atom. The van der Waals surface area contributed by atoms with Crippen LogP contribution in [0.3, 0.4) is 0 Å². The Morgan fingerprint density at radius 2 is 2.00 bits per heavy atom. The highest BCUT2D eigenvalue weighted by molar-refractivity contribution is 7.11. The number of ether oxygens (including phenoxy) is 1. The minimum atomic E-state index is -0.522. The molecule has 2 rings (SSSR count). The summed E-state index contributed by atoms with van der Waals surface area (Å²) in [5, 5.41) is 0.901. The van der Waals surface area contributed by atoms with Gasteiger partial charge in [-0.05, 0) is 53.9 Å². The van der Waals surface area contributed by atoms with Crippen molar-refractivity contribution in [2.75, 3.05) is 6.54 Å². The van der Waals surface area contributed by atoms with Crippen LogP contribution in [-0.4, -0.2) is 39.9 Å². The zero-order valence-corrected chi connectivity index (χ0v) is 15.5. The van der Waals surface area contributed by atoms with E-state index in [9.17, 15) is 9.59 Å². The van der Waals surface area contributed by atoms with Crippen molar-refractivity contribution in [1.82, 2.24) is 9.88 Å². The molecule has 0 aromatic carbocycles. The predicted molar refractivity (Wildman–Crippen MR) is 91.1 cm³/mol. The number of carbonyl (C=O) groups excluding carboxylic acids is 2. The lowest BCUT2D eigenvalue weighted by Crippen LogP contribution is -2.47. The van der Waals surface area contributed by atoms with Crippen molar-refractivity contribution in [3.63, 3.8) is 0 Å². The Hall–Kier alpha value is -1.43. The van der Waals surface area contributed by atoms with Gasteiger partial charge in [0, 0.05) is 23.9 Å². The van der Waals surface area contributed by atoms with E-state index in [4.69, 9.17) is 4.74 Å². The van der Waals surface area contributed by atoms with E-state index < -0.39 is 5.60 Å². The number of hydrogen-bond acceptors (Lipinski definition) is 5. The molecule has 0 N–H and O–H groups in total. The summed E-state index contributed by atoms with van der Waals surface area (Å²) in [7, 11) is 0. The second-order valence-electron chi connectivity index (χ2n) is 7.09. The van der Waals surface area contributed by atoms with E-state index in [2.05, 4.69) is 4.98 Å². The van der Waals surface area contributed by atoms with Crippen LogP contribution < -0.4 is 0 Å². The fraction of sp³-hybridized carbons (Fsp3) is 0.706. The van der Waals surface area contributed by atoms with Gasteiger partial charge in [-0.25, -0.2) is 9.78 Å². The summed E-state index contributed by atoms with van der Waals surface area (Å²) in [5.74, 6) is 0.0207. The fourth-order valence-electron chi connectivity index (χ4n) is 2.87. The first-order valence-electron chi connectivity index (χ1n) is 8.14. The van der Waals surface area contributed by atoms with Gasteiger partial charge in [0.2, 0.25) is 0 Å². The molecule has 23 heavy (non-hydrogen) atoms. The van der Waals surface area contributed by atoms with Crippen molar-refractivity contribution in [2.24, 2.45) is 0 Å². The number of Topliss-reactive ketones (excluding diaryl/α,β-unsaturated/α-hetero) is 1. The van der Waals surface area contributed by atoms with Crippen LogP contribution in [0.15, 0.2) is 0 Å². The summed E-state index contributed by atoms with van der Waals surface area (Å²) < 4.78 is 5.48. The van der Waals surface area contributed by atoms with Gasteiger partial charge in [0.05, 0.1) is 5.01 Å². The highest BCUT2D eigenvalue weighted by atomic mass is 32.1. The second kappa shape index (κ2) is 6.99. The molecule has 1 aliphatic heterocycles. The molecule has 1 unspecified atom stereocenters. The van der Waals surface area contributed by atoms with E-state index in [1.165, 1.54) is 11.3 Å². The minimum absolute atomic E-state index is 0.0207. The lowest BCUT2D eigenvalue weighted by atomic mass is 9.97. The molecule has 0 saturated carbocycles. The standard InChI is InChI=1S/C17H26N2O3S/c1-11-15(18-12(2)23-11)14(20)10-13-8-6-7-9-19(13)16(21)22-17(3,4)5/h13H,6-10H2,1-5H3. The van der Waals surface area contributed by atoms with Crippen LogP contribution in [0.1, 0.15) is 66.8 Å². The van der Waals surface area contributed by atoms with Gasteiger partial charge in [-0.1, -0.05) is 0 Å². The van der Waals surface area contributed by atoms with Crippen molar-refractivity contribution >= 4 is 23.2 Å². The van der Waals surface area contributed by atoms with E-state index in [1.807, 2.05) is 34.6 Å². The lowest BCUT2D eigenvalue weighted by Gasteiger charge is -2.36. The first kappa shape index (κ1) is 17.9. The Kier molecular flexibility index (Phi) is 5.45. The number of aryl methyl sites for hydroxylation is 2. The quantitative estimate of drug-likeness (QED) is 0.778. The molecule has 1 fully saturated rings. The van der Waals surface area contributed by atoms with Crippen molar-refractivity contribution in [2.45, 2.75) is 71.9 Å². The monoisotopic (exact) mass is 338 g/mol. The van der Waals surface area contributed by atoms with E-state index in [-0.39, 0.29) is 17.9 Å². The van der Waals surface area contributed by atoms with E-state index in [0.717, 1.165) is 29.1 Å². The van der Waals surface area contributed by atoms with Crippen molar-refractivity contribution in [3.05, 3.63) is 15.6 Å². The summed E-state index contributed by atoms with van der Waals surface area (Å²) in [4.78, 5) is 32.0. The minimum Gasteiger partial charge on any atom is -0.444 e. The SMILES string of the molecule is Cc1nc(C(=O)CC2CCCCN2C(=O)OC(C)(C)C)c(C)s1. The molecule has 2 heterocycles. The largest absolute Gasteiger partial charge is 0.444 e. The molecule has 1 aliphatic rings. The van der Waals surface area contributed by atoms with Crippen LogP contribution in [-0.2, 0) is 4.74 Å². The van der Waals surface area contributed by atoms with Crippen molar-refractivity contribution in [1.29, 1.82) is 0 Å². The molecular weight excluding hydrogens is 312 g/mol. The van der Waals surface area contributed by atoms with Crippen LogP contribution in [0.2, 0.25) is 0 Å². The van der Waals surface area contributed by atoms with E-state index in [1.54, 1.807) is 4.90 Å². The van der Waals surface area contributed by atoms with Gasteiger partial charge in [0.15, 0.2) is 5.78 Å². The van der Waals surface area contributed by atoms with Gasteiger partial charge in [0.25, 0.3) is 0 Å². The van der Waals surface area contributed by atoms with Crippen LogP contribution in [0, 0.1) is 13.8 Å². The molecule has 6 heteroatoms. The number of rotatable bonds is 3. The molecule has 0 spiro atoms. The molecule has 1 amide bonds. The number of aromatic nitrogens is 1. The maximum absolute atomic E-state index is 12.6. The number of likely N-dealkylation sites (tertiary alicyclic amines) is 1. The summed E-state index contributed by atoms with van der Waals surface area (Å²) in [6, 6.07) is -0.0903. The first-order valence-corrected chi connectivity index (χ1v) is 8.96. The summed E-state index contributed by atoms with van der Waals surface area (Å²) in [5.41, 5.74) is 0.0355. The van der Waals surface area contributed by atoms with Gasteiger partial charge < -0.3 is 9.64 Å². The Morgan fingerprint density at radius 1 is 1.30 bits per heavy atom. The molecule has 0 aliphatic carbocycles. The number of amides is 1. The third-order valence-corrected chi connectivity index (χ3v) is 4.73. The molecule has 128 valence electrons. The smallest absolute Gasteiger partial charge is 0.410 e.